The molecule has 24 heavy (non-hydrogen) atoms. The minimum absolute atomic E-state index is 0.130. The van der Waals surface area contributed by atoms with Crippen LogP contribution in [0.5, 0.6) is 0 Å². The molecule has 2 aromatic rings. The molecule has 0 unspecified atom stereocenters. The van der Waals surface area contributed by atoms with E-state index in [4.69, 9.17) is 18.6 Å². The minimum atomic E-state index is -0.523. The molecule has 1 N–H and O–H groups in total. The Morgan fingerprint density at radius 1 is 0.833 bits per heavy atom. The molecule has 0 radical (unpaired) electrons. The maximum Gasteiger partial charge on any atom is 0.494 e. The zero-order valence-corrected chi connectivity index (χ0v) is 13.2. The van der Waals surface area contributed by atoms with Crippen molar-refractivity contribution in [3.8, 4) is 0 Å². The Morgan fingerprint density at radius 2 is 1.46 bits per heavy atom. The SMILES string of the molecule is OC[C@@H]1OB(c2ccccc2)O[C@@H]2COB(c3ccccc3)O[C@H]12. The second kappa shape index (κ2) is 7.09. The van der Waals surface area contributed by atoms with E-state index in [1.165, 1.54) is 0 Å². The molecule has 7 heteroatoms. The lowest BCUT2D eigenvalue weighted by atomic mass is 9.74. The molecule has 4 rings (SSSR count). The van der Waals surface area contributed by atoms with Gasteiger partial charge in [-0.05, 0) is 10.9 Å². The van der Waals surface area contributed by atoms with Gasteiger partial charge in [-0.25, -0.2) is 0 Å². The summed E-state index contributed by atoms with van der Waals surface area (Å²) in [6, 6.07) is 19.4. The molecular weight excluding hydrogens is 306 g/mol. The van der Waals surface area contributed by atoms with Crippen LogP contribution in [-0.4, -0.2) is 50.9 Å². The number of hydrogen-bond acceptors (Lipinski definition) is 5. The van der Waals surface area contributed by atoms with Crippen LogP contribution in [0, 0.1) is 0 Å². The van der Waals surface area contributed by atoms with Crippen LogP contribution >= 0.6 is 0 Å². The van der Waals surface area contributed by atoms with Crippen LogP contribution in [-0.2, 0) is 18.6 Å². The Hall–Kier alpha value is -1.63. The fraction of sp³-hybridized carbons (Fsp3) is 0.294. The summed E-state index contributed by atoms with van der Waals surface area (Å²) in [5, 5.41) is 9.75. The van der Waals surface area contributed by atoms with Crippen molar-refractivity contribution >= 4 is 25.2 Å². The second-order valence-corrected chi connectivity index (χ2v) is 5.95. The van der Waals surface area contributed by atoms with Crippen molar-refractivity contribution in [2.24, 2.45) is 0 Å². The zero-order chi connectivity index (χ0) is 16.4. The summed E-state index contributed by atoms with van der Waals surface area (Å²) in [5.74, 6) is 0. The average molecular weight is 324 g/mol. The second-order valence-electron chi connectivity index (χ2n) is 5.95. The molecule has 122 valence electrons. The lowest BCUT2D eigenvalue weighted by molar-refractivity contribution is -0.133. The fourth-order valence-electron chi connectivity index (χ4n) is 3.12. The Labute approximate surface area is 141 Å². The van der Waals surface area contributed by atoms with E-state index in [0.29, 0.717) is 6.61 Å². The Bertz CT molecular complexity index is 649. The van der Waals surface area contributed by atoms with Crippen molar-refractivity contribution in [3.05, 3.63) is 60.7 Å². The smallest absolute Gasteiger partial charge is 0.405 e. The first-order valence-corrected chi connectivity index (χ1v) is 8.14. The highest BCUT2D eigenvalue weighted by molar-refractivity contribution is 6.62. The number of benzene rings is 2. The Kier molecular flexibility index (Phi) is 4.69. The van der Waals surface area contributed by atoms with Gasteiger partial charge in [-0.1, -0.05) is 60.7 Å². The van der Waals surface area contributed by atoms with Gasteiger partial charge in [0.1, 0.15) is 0 Å². The van der Waals surface area contributed by atoms with Crippen LogP contribution in [0.3, 0.4) is 0 Å². The highest BCUT2D eigenvalue weighted by Gasteiger charge is 2.48. The third-order valence-corrected chi connectivity index (χ3v) is 4.35. The van der Waals surface area contributed by atoms with E-state index < -0.39 is 20.3 Å². The quantitative estimate of drug-likeness (QED) is 0.804. The van der Waals surface area contributed by atoms with Crippen molar-refractivity contribution in [2.45, 2.75) is 18.3 Å². The van der Waals surface area contributed by atoms with Crippen LogP contribution in [0.25, 0.3) is 0 Å². The first-order valence-electron chi connectivity index (χ1n) is 8.14. The first kappa shape index (κ1) is 15.9. The van der Waals surface area contributed by atoms with Gasteiger partial charge in [0.25, 0.3) is 0 Å². The van der Waals surface area contributed by atoms with E-state index in [9.17, 15) is 5.11 Å². The number of hydrogen-bond donors (Lipinski definition) is 1. The van der Waals surface area contributed by atoms with E-state index in [-0.39, 0.29) is 18.8 Å². The van der Waals surface area contributed by atoms with E-state index in [1.54, 1.807) is 0 Å². The van der Waals surface area contributed by atoms with Crippen molar-refractivity contribution in [1.82, 2.24) is 0 Å². The Balaban J connectivity index is 1.51. The Morgan fingerprint density at radius 3 is 2.08 bits per heavy atom. The molecule has 3 atom stereocenters. The van der Waals surface area contributed by atoms with Crippen molar-refractivity contribution < 1.29 is 23.7 Å². The number of fused-ring (bicyclic) bond motifs is 1. The van der Waals surface area contributed by atoms with Crippen molar-refractivity contribution in [2.75, 3.05) is 13.2 Å². The normalized spacial score (nSPS) is 27.0. The highest BCUT2D eigenvalue weighted by atomic mass is 16.7. The van der Waals surface area contributed by atoms with Gasteiger partial charge < -0.3 is 23.7 Å². The predicted molar refractivity (Wildman–Crippen MR) is 91.3 cm³/mol. The van der Waals surface area contributed by atoms with Crippen LogP contribution in [0.2, 0.25) is 0 Å². The fourth-order valence-corrected chi connectivity index (χ4v) is 3.12. The monoisotopic (exact) mass is 324 g/mol. The summed E-state index contributed by atoms with van der Waals surface area (Å²) in [6.45, 7) is 0.267. The lowest BCUT2D eigenvalue weighted by Crippen LogP contribution is -2.64. The van der Waals surface area contributed by atoms with Gasteiger partial charge in [-0.15, -0.1) is 0 Å². The van der Waals surface area contributed by atoms with E-state index in [0.717, 1.165) is 10.9 Å². The first-order chi connectivity index (χ1) is 11.8. The van der Waals surface area contributed by atoms with Gasteiger partial charge in [0, 0.05) is 0 Å². The lowest BCUT2D eigenvalue weighted by Gasteiger charge is -2.44. The molecule has 2 fully saturated rings. The van der Waals surface area contributed by atoms with Gasteiger partial charge >= 0.3 is 14.2 Å². The molecular formula is C17H18B2O5. The molecule has 0 spiro atoms. The molecule has 0 aliphatic carbocycles. The molecule has 0 saturated carbocycles. The molecule has 0 amide bonds. The summed E-state index contributed by atoms with van der Waals surface area (Å²) >= 11 is 0. The molecule has 0 aromatic heterocycles. The van der Waals surface area contributed by atoms with E-state index in [1.807, 2.05) is 60.7 Å². The number of aliphatic hydroxyl groups excluding tert-OH is 1. The standard InChI is InChI=1S/C17H18B2O5/c20-11-15-17-16(23-19(22-15)14-9-5-2-6-10-14)12-21-18(24-17)13-7-3-1-4-8-13/h1-10,15-17,20H,11-12H2/t15-,16+,17+/m0/s1. The summed E-state index contributed by atoms with van der Waals surface area (Å²) < 4.78 is 23.8. The van der Waals surface area contributed by atoms with Gasteiger partial charge in [-0.2, -0.15) is 0 Å². The summed E-state index contributed by atoms with van der Waals surface area (Å²) in [6.07, 6.45) is -1.10. The maximum atomic E-state index is 9.75. The van der Waals surface area contributed by atoms with E-state index >= 15 is 0 Å². The van der Waals surface area contributed by atoms with Crippen LogP contribution in [0.15, 0.2) is 60.7 Å². The zero-order valence-electron chi connectivity index (χ0n) is 13.2. The largest absolute Gasteiger partial charge is 0.494 e. The summed E-state index contributed by atoms with van der Waals surface area (Å²) in [7, 11) is -0.993. The number of rotatable bonds is 3. The van der Waals surface area contributed by atoms with Gasteiger partial charge in [0.15, 0.2) is 0 Å². The van der Waals surface area contributed by atoms with Crippen molar-refractivity contribution in [1.29, 1.82) is 0 Å². The third-order valence-electron chi connectivity index (χ3n) is 4.35. The molecule has 2 aromatic carbocycles. The molecule has 0 bridgehead atoms. The topological polar surface area (TPSA) is 57.2 Å². The molecule has 2 heterocycles. The average Bonchev–Trinajstić information content (AvgIpc) is 2.68. The summed E-state index contributed by atoms with van der Waals surface area (Å²) in [5.41, 5.74) is 1.86. The van der Waals surface area contributed by atoms with Gasteiger partial charge in [0.2, 0.25) is 0 Å². The molecule has 2 aliphatic heterocycles. The van der Waals surface area contributed by atoms with Crippen LogP contribution < -0.4 is 10.9 Å². The van der Waals surface area contributed by atoms with Gasteiger partial charge in [0.05, 0.1) is 31.5 Å². The van der Waals surface area contributed by atoms with Crippen LogP contribution in [0.1, 0.15) is 0 Å². The summed E-state index contributed by atoms with van der Waals surface area (Å²) in [4.78, 5) is 0. The van der Waals surface area contributed by atoms with Crippen molar-refractivity contribution in [3.63, 3.8) is 0 Å². The van der Waals surface area contributed by atoms with E-state index in [2.05, 4.69) is 0 Å². The molecule has 5 nitrogen and oxygen atoms in total. The maximum absolute atomic E-state index is 9.75. The van der Waals surface area contributed by atoms with Crippen LogP contribution in [0.4, 0.5) is 0 Å². The highest BCUT2D eigenvalue weighted by Crippen LogP contribution is 2.25. The molecule has 2 saturated heterocycles. The van der Waals surface area contributed by atoms with Gasteiger partial charge in [-0.3, -0.25) is 0 Å². The third kappa shape index (κ3) is 3.14. The minimum Gasteiger partial charge on any atom is -0.405 e. The number of aliphatic hydroxyl groups is 1. The predicted octanol–water partition coefficient (Wildman–Crippen LogP) is -0.0311. The molecule has 2 aliphatic rings.